The molecule has 2 aromatic rings. The van der Waals surface area contributed by atoms with Gasteiger partial charge in [-0.2, -0.15) is 0 Å². The number of nitrogens with zero attached hydrogens (tertiary/aromatic N) is 2. The zero-order chi connectivity index (χ0) is 15.7. The second kappa shape index (κ2) is 5.88. The number of thiazole rings is 1. The van der Waals surface area contributed by atoms with Gasteiger partial charge in [0.05, 0.1) is 11.6 Å². The lowest BCUT2D eigenvalue weighted by atomic mass is 10.0. The van der Waals surface area contributed by atoms with Crippen LogP contribution in [0.2, 0.25) is 0 Å². The number of aromatic nitrogens is 1. The number of rotatable bonds is 2. The number of aryl methyl sites for hydroxylation is 1. The van der Waals surface area contributed by atoms with E-state index < -0.39 is 11.8 Å². The number of carbonyl (C=O) groups excluding carboxylic acids is 2. The highest BCUT2D eigenvalue weighted by Gasteiger charge is 2.32. The van der Waals surface area contributed by atoms with Gasteiger partial charge in [0, 0.05) is 29.2 Å². The van der Waals surface area contributed by atoms with Gasteiger partial charge in [0.2, 0.25) is 0 Å². The van der Waals surface area contributed by atoms with Gasteiger partial charge < -0.3 is 10.2 Å². The molecule has 0 radical (unpaired) electrons. The average Bonchev–Trinajstić information content (AvgIpc) is 3.08. The summed E-state index contributed by atoms with van der Waals surface area (Å²) in [5.41, 5.74) is 1.95. The first-order valence-corrected chi connectivity index (χ1v) is 7.98. The van der Waals surface area contributed by atoms with Crippen molar-refractivity contribution < 1.29 is 9.59 Å². The molecular formula is C16H17N3O2S. The van der Waals surface area contributed by atoms with E-state index >= 15 is 0 Å². The Morgan fingerprint density at radius 3 is 2.91 bits per heavy atom. The molecule has 5 nitrogen and oxygen atoms in total. The second-order valence-electron chi connectivity index (χ2n) is 5.40. The molecule has 114 valence electrons. The molecule has 6 heteroatoms. The van der Waals surface area contributed by atoms with Crippen LogP contribution >= 0.6 is 11.3 Å². The minimum atomic E-state index is -0.574. The van der Waals surface area contributed by atoms with Crippen molar-refractivity contribution in [1.82, 2.24) is 10.3 Å². The van der Waals surface area contributed by atoms with Crippen LogP contribution < -0.4 is 10.2 Å². The number of carbonyl (C=O) groups is 2. The van der Waals surface area contributed by atoms with Crippen LogP contribution in [-0.4, -0.2) is 23.3 Å². The zero-order valence-corrected chi connectivity index (χ0v) is 13.3. The molecule has 0 saturated carbocycles. The van der Waals surface area contributed by atoms with Crippen molar-refractivity contribution in [3.05, 3.63) is 45.9 Å². The summed E-state index contributed by atoms with van der Waals surface area (Å²) in [6.07, 6.45) is 1.72. The average molecular weight is 315 g/mol. The number of benzene rings is 1. The number of anilines is 1. The van der Waals surface area contributed by atoms with Crippen molar-refractivity contribution in [1.29, 1.82) is 0 Å². The van der Waals surface area contributed by atoms with E-state index in [0.29, 0.717) is 13.1 Å². The summed E-state index contributed by atoms with van der Waals surface area (Å²) in [5, 5.41) is 3.62. The highest BCUT2D eigenvalue weighted by Crippen LogP contribution is 2.35. The van der Waals surface area contributed by atoms with Crippen LogP contribution in [0.4, 0.5) is 5.69 Å². The highest BCUT2D eigenvalue weighted by molar-refractivity contribution is 7.11. The Morgan fingerprint density at radius 1 is 1.41 bits per heavy atom. The van der Waals surface area contributed by atoms with E-state index in [2.05, 4.69) is 17.2 Å². The maximum atomic E-state index is 12.4. The maximum absolute atomic E-state index is 12.4. The Bertz CT molecular complexity index is 726. The monoisotopic (exact) mass is 315 g/mol. The zero-order valence-electron chi connectivity index (χ0n) is 12.5. The third kappa shape index (κ3) is 2.74. The van der Waals surface area contributed by atoms with Crippen LogP contribution in [0.3, 0.4) is 0 Å². The van der Waals surface area contributed by atoms with Gasteiger partial charge in [0.1, 0.15) is 0 Å². The topological polar surface area (TPSA) is 62.3 Å². The van der Waals surface area contributed by atoms with Crippen LogP contribution in [0.25, 0.3) is 0 Å². The Hall–Kier alpha value is -2.21. The van der Waals surface area contributed by atoms with Crippen molar-refractivity contribution in [3.8, 4) is 0 Å². The van der Waals surface area contributed by atoms with Gasteiger partial charge in [-0.05, 0) is 18.6 Å². The highest BCUT2D eigenvalue weighted by atomic mass is 32.1. The van der Waals surface area contributed by atoms with Crippen LogP contribution in [0.15, 0.2) is 30.5 Å². The number of amides is 2. The molecule has 1 aliphatic rings. The first kappa shape index (κ1) is 14.7. The molecule has 2 heterocycles. The van der Waals surface area contributed by atoms with E-state index in [0.717, 1.165) is 21.1 Å². The van der Waals surface area contributed by atoms with E-state index in [1.54, 1.807) is 11.1 Å². The SMILES string of the molecule is Cc1ncc(CNC(=O)C(=O)N2C[C@H](C)c3ccccc32)s1. The van der Waals surface area contributed by atoms with Crippen molar-refractivity contribution in [2.75, 3.05) is 11.4 Å². The summed E-state index contributed by atoms with van der Waals surface area (Å²) in [6.45, 7) is 4.85. The fraction of sp³-hybridized carbons (Fsp3) is 0.312. The van der Waals surface area contributed by atoms with Gasteiger partial charge in [0.15, 0.2) is 0 Å². The van der Waals surface area contributed by atoms with Gasteiger partial charge in [0.25, 0.3) is 0 Å². The minimum absolute atomic E-state index is 0.247. The fourth-order valence-electron chi connectivity index (χ4n) is 2.67. The normalized spacial score (nSPS) is 16.5. The van der Waals surface area contributed by atoms with Crippen LogP contribution in [0.5, 0.6) is 0 Å². The van der Waals surface area contributed by atoms with Crippen molar-refractivity contribution in [2.24, 2.45) is 0 Å². The number of hydrogen-bond donors (Lipinski definition) is 1. The summed E-state index contributed by atoms with van der Waals surface area (Å²) in [6, 6.07) is 7.73. The van der Waals surface area contributed by atoms with Crippen LogP contribution in [0, 0.1) is 6.92 Å². The van der Waals surface area contributed by atoms with Gasteiger partial charge >= 0.3 is 11.8 Å². The van der Waals surface area contributed by atoms with Crippen LogP contribution in [0.1, 0.15) is 28.3 Å². The third-order valence-corrected chi connectivity index (χ3v) is 4.66. The van der Waals surface area contributed by atoms with Crippen molar-refractivity contribution in [2.45, 2.75) is 26.3 Å². The molecule has 0 fully saturated rings. The molecule has 0 aliphatic carbocycles. The predicted molar refractivity (Wildman–Crippen MR) is 85.9 cm³/mol. The van der Waals surface area contributed by atoms with E-state index in [1.807, 2.05) is 31.2 Å². The first-order valence-electron chi connectivity index (χ1n) is 7.16. The summed E-state index contributed by atoms with van der Waals surface area (Å²) < 4.78 is 0. The van der Waals surface area contributed by atoms with Gasteiger partial charge in [-0.1, -0.05) is 25.1 Å². The fourth-order valence-corrected chi connectivity index (χ4v) is 3.40. The lowest BCUT2D eigenvalue weighted by molar-refractivity contribution is -0.137. The molecule has 1 aromatic heterocycles. The van der Waals surface area contributed by atoms with E-state index in [9.17, 15) is 9.59 Å². The first-order chi connectivity index (χ1) is 10.6. The number of hydrogen-bond acceptors (Lipinski definition) is 4. The quantitative estimate of drug-likeness (QED) is 0.864. The number of para-hydroxylation sites is 1. The Kier molecular flexibility index (Phi) is 3.94. The molecule has 0 spiro atoms. The molecule has 1 aromatic carbocycles. The molecule has 0 bridgehead atoms. The summed E-state index contributed by atoms with van der Waals surface area (Å²) in [7, 11) is 0. The lowest BCUT2D eigenvalue weighted by Gasteiger charge is -2.16. The Balaban J connectivity index is 1.68. The standard InChI is InChI=1S/C16H17N3O2S/c1-10-9-19(14-6-4-3-5-13(10)14)16(21)15(20)18-8-12-7-17-11(2)22-12/h3-7,10H,8-9H2,1-2H3,(H,18,20)/t10-/m0/s1. The molecule has 1 aliphatic heterocycles. The molecule has 22 heavy (non-hydrogen) atoms. The van der Waals surface area contributed by atoms with Crippen molar-refractivity contribution >= 4 is 28.8 Å². The van der Waals surface area contributed by atoms with E-state index in [1.165, 1.54) is 11.3 Å². The van der Waals surface area contributed by atoms with Gasteiger partial charge in [-0.15, -0.1) is 11.3 Å². The maximum Gasteiger partial charge on any atom is 0.316 e. The Morgan fingerprint density at radius 2 is 2.18 bits per heavy atom. The molecular weight excluding hydrogens is 298 g/mol. The Labute approximate surface area is 133 Å². The summed E-state index contributed by atoms with van der Waals surface area (Å²) in [4.78, 5) is 31.1. The lowest BCUT2D eigenvalue weighted by Crippen LogP contribution is -2.42. The largest absolute Gasteiger partial charge is 0.343 e. The van der Waals surface area contributed by atoms with Crippen LogP contribution in [-0.2, 0) is 16.1 Å². The summed E-state index contributed by atoms with van der Waals surface area (Å²) in [5.74, 6) is -0.829. The van der Waals surface area contributed by atoms with Crippen molar-refractivity contribution in [3.63, 3.8) is 0 Å². The van der Waals surface area contributed by atoms with E-state index in [-0.39, 0.29) is 5.92 Å². The van der Waals surface area contributed by atoms with Gasteiger partial charge in [-0.25, -0.2) is 4.98 Å². The molecule has 1 atom stereocenters. The molecule has 0 unspecified atom stereocenters. The molecule has 0 saturated heterocycles. The van der Waals surface area contributed by atoms with Gasteiger partial charge in [-0.3, -0.25) is 9.59 Å². The third-order valence-electron chi connectivity index (χ3n) is 3.75. The smallest absolute Gasteiger partial charge is 0.316 e. The molecule has 3 rings (SSSR count). The minimum Gasteiger partial charge on any atom is -0.343 e. The number of nitrogens with one attached hydrogen (secondary N) is 1. The second-order valence-corrected chi connectivity index (χ2v) is 6.72. The molecule has 1 N–H and O–H groups in total. The predicted octanol–water partition coefficient (Wildman–Crippen LogP) is 2.22. The van der Waals surface area contributed by atoms with E-state index in [4.69, 9.17) is 0 Å². The molecule has 2 amide bonds. The summed E-state index contributed by atoms with van der Waals surface area (Å²) >= 11 is 1.51. The number of fused-ring (bicyclic) bond motifs is 1.